The van der Waals surface area contributed by atoms with Crippen LogP contribution in [0.4, 0.5) is 0 Å². The Hall–Kier alpha value is -2.47. The van der Waals surface area contributed by atoms with Gasteiger partial charge in [0.05, 0.1) is 12.0 Å². The summed E-state index contributed by atoms with van der Waals surface area (Å²) in [6.07, 6.45) is 1.03. The standard InChI is InChI=1S/C28H36BNO6SSi/c1-28(2,3)38(24-11-7-5-8-12-24,25-13-9-6-10-14-25)36-22-17-19-30(20-18-22)37(33,34)23-15-16-27(35-4)26(21-23)29(31)32/h5-16,21-22,31-32H,17-20H2,1-4H3. The monoisotopic (exact) mass is 553 g/mol. The second-order valence-electron chi connectivity index (χ2n) is 10.7. The summed E-state index contributed by atoms with van der Waals surface area (Å²) in [5.74, 6) is 0.219. The lowest BCUT2D eigenvalue weighted by Gasteiger charge is -2.46. The van der Waals surface area contributed by atoms with Crippen molar-refractivity contribution in [3.05, 3.63) is 78.9 Å². The van der Waals surface area contributed by atoms with E-state index in [0.29, 0.717) is 25.9 Å². The van der Waals surface area contributed by atoms with Crippen LogP contribution in [-0.2, 0) is 14.4 Å². The van der Waals surface area contributed by atoms with E-state index >= 15 is 0 Å². The molecule has 10 heteroatoms. The molecule has 202 valence electrons. The number of piperidine rings is 1. The smallest absolute Gasteiger partial charge is 0.492 e. The van der Waals surface area contributed by atoms with Crippen LogP contribution in [-0.4, -0.2) is 64.5 Å². The van der Waals surface area contributed by atoms with Gasteiger partial charge in [0.25, 0.3) is 8.32 Å². The van der Waals surface area contributed by atoms with Gasteiger partial charge in [-0.15, -0.1) is 0 Å². The highest BCUT2D eigenvalue weighted by Crippen LogP contribution is 2.39. The molecule has 1 fully saturated rings. The normalized spacial score (nSPS) is 15.8. The van der Waals surface area contributed by atoms with Crippen LogP contribution in [0.15, 0.2) is 83.8 Å². The highest BCUT2D eigenvalue weighted by Gasteiger charge is 2.51. The highest BCUT2D eigenvalue weighted by atomic mass is 32.2. The zero-order chi connectivity index (χ0) is 27.6. The molecule has 0 amide bonds. The Morgan fingerprint density at radius 3 is 1.87 bits per heavy atom. The molecule has 7 nitrogen and oxygen atoms in total. The van der Waals surface area contributed by atoms with Crippen LogP contribution in [0.25, 0.3) is 0 Å². The van der Waals surface area contributed by atoms with E-state index in [0.717, 1.165) is 0 Å². The van der Waals surface area contributed by atoms with E-state index in [9.17, 15) is 18.5 Å². The zero-order valence-corrected chi connectivity index (χ0v) is 24.2. The molecule has 0 saturated carbocycles. The van der Waals surface area contributed by atoms with E-state index in [1.54, 1.807) is 0 Å². The predicted octanol–water partition coefficient (Wildman–Crippen LogP) is 2.10. The van der Waals surface area contributed by atoms with Gasteiger partial charge in [-0.3, -0.25) is 0 Å². The molecule has 0 bridgehead atoms. The molecule has 0 spiro atoms. The molecular weight excluding hydrogens is 517 g/mol. The molecule has 38 heavy (non-hydrogen) atoms. The SMILES string of the molecule is COc1ccc(S(=O)(=O)N2CCC(O[Si](c3ccccc3)(c3ccccc3)C(C)(C)C)CC2)cc1B(O)O. The van der Waals surface area contributed by atoms with Gasteiger partial charge in [-0.1, -0.05) is 81.4 Å². The summed E-state index contributed by atoms with van der Waals surface area (Å²) in [5, 5.41) is 21.6. The number of sulfonamides is 1. The van der Waals surface area contributed by atoms with E-state index in [1.165, 1.54) is 40.0 Å². The quantitative estimate of drug-likeness (QED) is 0.415. The fourth-order valence-corrected chi connectivity index (χ4v) is 11.6. The second-order valence-corrected chi connectivity index (χ2v) is 16.9. The number of methoxy groups -OCH3 is 1. The third-order valence-electron chi connectivity index (χ3n) is 7.28. The zero-order valence-electron chi connectivity index (χ0n) is 22.4. The Morgan fingerprint density at radius 1 is 0.895 bits per heavy atom. The van der Waals surface area contributed by atoms with Gasteiger partial charge < -0.3 is 19.2 Å². The van der Waals surface area contributed by atoms with Crippen molar-refractivity contribution in [2.75, 3.05) is 20.2 Å². The molecule has 0 aromatic heterocycles. The summed E-state index contributed by atoms with van der Waals surface area (Å²) < 4.78 is 40.7. The van der Waals surface area contributed by atoms with Crippen LogP contribution < -0.4 is 20.6 Å². The minimum atomic E-state index is -3.83. The molecule has 3 aromatic carbocycles. The summed E-state index contributed by atoms with van der Waals surface area (Å²) >= 11 is 0. The first-order valence-electron chi connectivity index (χ1n) is 12.8. The second kappa shape index (κ2) is 11.3. The van der Waals surface area contributed by atoms with Crippen LogP contribution in [0, 0.1) is 0 Å². The Bertz CT molecular complexity index is 1280. The van der Waals surface area contributed by atoms with Crippen LogP contribution in [0.1, 0.15) is 33.6 Å². The van der Waals surface area contributed by atoms with E-state index in [4.69, 9.17) is 9.16 Å². The summed E-state index contributed by atoms with van der Waals surface area (Å²) in [5.41, 5.74) is 0.0125. The van der Waals surface area contributed by atoms with Crippen LogP contribution in [0.3, 0.4) is 0 Å². The van der Waals surface area contributed by atoms with Crippen molar-refractivity contribution in [3.8, 4) is 5.75 Å². The first-order valence-corrected chi connectivity index (χ1v) is 16.2. The first kappa shape index (κ1) is 28.5. The lowest BCUT2D eigenvalue weighted by atomic mass is 9.79. The van der Waals surface area contributed by atoms with Crippen molar-refractivity contribution < 1.29 is 27.6 Å². The van der Waals surface area contributed by atoms with Crippen molar-refractivity contribution in [2.24, 2.45) is 0 Å². The van der Waals surface area contributed by atoms with Crippen molar-refractivity contribution in [2.45, 2.75) is 49.7 Å². The Balaban J connectivity index is 1.60. The molecule has 0 aliphatic carbocycles. The molecular formula is C28H36BNO6SSi. The van der Waals surface area contributed by atoms with Gasteiger partial charge in [0, 0.05) is 24.7 Å². The minimum absolute atomic E-state index is 0.00718. The van der Waals surface area contributed by atoms with Crippen LogP contribution >= 0.6 is 0 Å². The number of nitrogens with zero attached hydrogens (tertiary/aromatic N) is 1. The topological polar surface area (TPSA) is 96.3 Å². The van der Waals surface area contributed by atoms with E-state index in [-0.39, 0.29) is 27.3 Å². The molecule has 0 radical (unpaired) electrons. The molecule has 1 aliphatic rings. The third-order valence-corrected chi connectivity index (χ3v) is 14.3. The minimum Gasteiger partial charge on any atom is -0.497 e. The molecule has 1 heterocycles. The van der Waals surface area contributed by atoms with Crippen molar-refractivity contribution in [3.63, 3.8) is 0 Å². The van der Waals surface area contributed by atoms with Crippen LogP contribution in [0.2, 0.25) is 5.04 Å². The molecule has 3 aromatic rings. The van der Waals surface area contributed by atoms with Crippen molar-refractivity contribution in [1.29, 1.82) is 0 Å². The summed E-state index contributed by atoms with van der Waals surface area (Å²) in [6.45, 7) is 7.32. The average Bonchev–Trinajstić information content (AvgIpc) is 2.91. The molecule has 1 saturated heterocycles. The molecule has 4 rings (SSSR count). The first-order chi connectivity index (χ1) is 18.0. The van der Waals surface area contributed by atoms with Gasteiger partial charge in [-0.05, 0) is 46.5 Å². The number of rotatable bonds is 8. The predicted molar refractivity (Wildman–Crippen MR) is 153 cm³/mol. The van der Waals surface area contributed by atoms with E-state index in [1.807, 2.05) is 12.1 Å². The number of benzene rings is 3. The van der Waals surface area contributed by atoms with Crippen molar-refractivity contribution >= 4 is 41.3 Å². The number of hydrogen-bond donors (Lipinski definition) is 2. The van der Waals surface area contributed by atoms with Gasteiger partial charge in [0.1, 0.15) is 5.75 Å². The third kappa shape index (κ3) is 5.47. The van der Waals surface area contributed by atoms with Gasteiger partial charge in [0.15, 0.2) is 0 Å². The fourth-order valence-electron chi connectivity index (χ4n) is 5.36. The largest absolute Gasteiger partial charge is 0.497 e. The Morgan fingerprint density at radius 2 is 1.42 bits per heavy atom. The maximum Gasteiger partial charge on any atom is 0.492 e. The Labute approximate surface area is 227 Å². The lowest BCUT2D eigenvalue weighted by Crippen LogP contribution is -2.68. The Kier molecular flexibility index (Phi) is 8.51. The fraction of sp³-hybridized carbons (Fsp3) is 0.357. The molecule has 2 N–H and O–H groups in total. The van der Waals surface area contributed by atoms with Gasteiger partial charge in [-0.2, -0.15) is 4.31 Å². The lowest BCUT2D eigenvalue weighted by molar-refractivity contribution is 0.125. The van der Waals surface area contributed by atoms with Crippen molar-refractivity contribution in [1.82, 2.24) is 4.31 Å². The average molecular weight is 554 g/mol. The molecule has 1 aliphatic heterocycles. The highest BCUT2D eigenvalue weighted by molar-refractivity contribution is 7.89. The number of ether oxygens (including phenoxy) is 1. The van der Waals surface area contributed by atoms with Gasteiger partial charge >= 0.3 is 7.12 Å². The molecule has 0 unspecified atom stereocenters. The summed E-state index contributed by atoms with van der Waals surface area (Å²) in [6, 6.07) is 25.0. The summed E-state index contributed by atoms with van der Waals surface area (Å²) in [4.78, 5) is 0.00718. The maximum absolute atomic E-state index is 13.4. The van der Waals surface area contributed by atoms with Crippen LogP contribution in [0.5, 0.6) is 5.75 Å². The van der Waals surface area contributed by atoms with E-state index < -0.39 is 25.5 Å². The molecule has 0 atom stereocenters. The van der Waals surface area contributed by atoms with E-state index in [2.05, 4.69) is 69.3 Å². The number of hydrogen-bond acceptors (Lipinski definition) is 6. The van der Waals surface area contributed by atoms with Gasteiger partial charge in [-0.25, -0.2) is 8.42 Å². The summed E-state index contributed by atoms with van der Waals surface area (Å²) in [7, 11) is -7.02. The van der Waals surface area contributed by atoms with Gasteiger partial charge in [0.2, 0.25) is 10.0 Å². The maximum atomic E-state index is 13.4.